The van der Waals surface area contributed by atoms with Gasteiger partial charge in [-0.25, -0.2) is 0 Å². The van der Waals surface area contributed by atoms with Gasteiger partial charge in [0.2, 0.25) is 0 Å². The van der Waals surface area contributed by atoms with Crippen LogP contribution in [0, 0.1) is 0 Å². The molecule has 0 heterocycles. The fourth-order valence-corrected chi connectivity index (χ4v) is 1.11. The molecular formula is C11H19ClO4. The van der Waals surface area contributed by atoms with E-state index in [0.717, 1.165) is 0 Å². The lowest BCUT2D eigenvalue weighted by atomic mass is 10.2. The molecule has 94 valence electrons. The summed E-state index contributed by atoms with van der Waals surface area (Å²) < 4.78 is 9.63. The van der Waals surface area contributed by atoms with Crippen molar-refractivity contribution in [3.8, 4) is 0 Å². The highest BCUT2D eigenvalue weighted by molar-refractivity contribution is 6.20. The summed E-state index contributed by atoms with van der Waals surface area (Å²) in [4.78, 5) is 22.1. The van der Waals surface area contributed by atoms with Crippen LogP contribution in [0.2, 0.25) is 0 Å². The minimum atomic E-state index is -0.267. The molecule has 0 aliphatic rings. The number of hydrogen-bond acceptors (Lipinski definition) is 4. The summed E-state index contributed by atoms with van der Waals surface area (Å²) >= 11 is 5.62. The number of carbonyl (C=O) groups excluding carboxylic acids is 2. The highest BCUT2D eigenvalue weighted by atomic mass is 35.5. The highest BCUT2D eigenvalue weighted by Gasteiger charge is 2.06. The first kappa shape index (κ1) is 15.2. The van der Waals surface area contributed by atoms with Crippen molar-refractivity contribution < 1.29 is 19.1 Å². The quantitative estimate of drug-likeness (QED) is 0.377. The van der Waals surface area contributed by atoms with Crippen LogP contribution in [-0.4, -0.2) is 30.5 Å². The van der Waals surface area contributed by atoms with Crippen LogP contribution in [0.5, 0.6) is 0 Å². The van der Waals surface area contributed by atoms with Crippen molar-refractivity contribution in [2.24, 2.45) is 0 Å². The second kappa shape index (κ2) is 9.46. The number of hydrogen-bond donors (Lipinski definition) is 0. The molecular weight excluding hydrogens is 232 g/mol. The number of ether oxygens (including phenoxy) is 2. The van der Waals surface area contributed by atoms with E-state index >= 15 is 0 Å². The molecule has 0 bridgehead atoms. The van der Waals surface area contributed by atoms with Gasteiger partial charge in [-0.05, 0) is 26.7 Å². The number of carbonyl (C=O) groups is 2. The average molecular weight is 251 g/mol. The van der Waals surface area contributed by atoms with Crippen LogP contribution in [0.15, 0.2) is 0 Å². The van der Waals surface area contributed by atoms with Gasteiger partial charge in [0.05, 0.1) is 12.0 Å². The Balaban J connectivity index is 3.37. The van der Waals surface area contributed by atoms with Crippen LogP contribution < -0.4 is 0 Å². The second-order valence-corrected chi connectivity index (χ2v) is 4.22. The van der Waals surface area contributed by atoms with E-state index < -0.39 is 0 Å². The van der Waals surface area contributed by atoms with Gasteiger partial charge in [0.25, 0.3) is 0 Å². The fraction of sp³-hybridized carbons (Fsp3) is 0.818. The van der Waals surface area contributed by atoms with Crippen LogP contribution in [0.4, 0.5) is 0 Å². The average Bonchev–Trinajstić information content (AvgIpc) is 2.22. The van der Waals surface area contributed by atoms with Crippen molar-refractivity contribution in [3.63, 3.8) is 0 Å². The molecule has 5 heteroatoms. The zero-order valence-corrected chi connectivity index (χ0v) is 10.6. The Bertz CT molecular complexity index is 216. The smallest absolute Gasteiger partial charge is 0.305 e. The first-order valence-corrected chi connectivity index (χ1v) is 5.95. The Morgan fingerprint density at radius 3 is 2.06 bits per heavy atom. The zero-order chi connectivity index (χ0) is 12.4. The minimum absolute atomic E-state index is 0.163. The van der Waals surface area contributed by atoms with E-state index in [0.29, 0.717) is 32.3 Å². The first-order chi connectivity index (χ1) is 7.56. The van der Waals surface area contributed by atoms with Crippen LogP contribution >= 0.6 is 11.6 Å². The van der Waals surface area contributed by atoms with Gasteiger partial charge in [-0.2, -0.15) is 0 Å². The molecule has 0 aromatic rings. The Hall–Kier alpha value is -0.770. The van der Waals surface area contributed by atoms with Crippen molar-refractivity contribution in [2.45, 2.75) is 44.9 Å². The van der Waals surface area contributed by atoms with Crippen molar-refractivity contribution in [2.75, 3.05) is 13.2 Å². The highest BCUT2D eigenvalue weighted by Crippen LogP contribution is 2.04. The molecule has 16 heavy (non-hydrogen) atoms. The molecule has 0 rings (SSSR count). The van der Waals surface area contributed by atoms with Gasteiger partial charge in [-0.1, -0.05) is 0 Å². The molecule has 0 saturated heterocycles. The van der Waals surface area contributed by atoms with E-state index in [1.165, 1.54) is 0 Å². The Kier molecular flexibility index (Phi) is 9.00. The van der Waals surface area contributed by atoms with E-state index in [2.05, 4.69) is 0 Å². The molecule has 0 saturated carbocycles. The molecule has 0 spiro atoms. The van der Waals surface area contributed by atoms with E-state index in [-0.39, 0.29) is 23.9 Å². The first-order valence-electron chi connectivity index (χ1n) is 5.51. The van der Waals surface area contributed by atoms with Gasteiger partial charge in [-0.15, -0.1) is 11.6 Å². The number of halogens is 1. The molecule has 4 nitrogen and oxygen atoms in total. The Morgan fingerprint density at radius 1 is 1.12 bits per heavy atom. The second-order valence-electron chi connectivity index (χ2n) is 3.48. The van der Waals surface area contributed by atoms with Crippen LogP contribution in [0.1, 0.15) is 39.5 Å². The third-order valence-corrected chi connectivity index (χ3v) is 1.92. The van der Waals surface area contributed by atoms with Gasteiger partial charge in [0, 0.05) is 12.8 Å². The Morgan fingerprint density at radius 2 is 1.62 bits per heavy atom. The number of rotatable bonds is 8. The normalized spacial score (nSPS) is 11.9. The molecule has 0 aliphatic heterocycles. The van der Waals surface area contributed by atoms with Crippen molar-refractivity contribution in [1.82, 2.24) is 0 Å². The number of esters is 2. The summed E-state index contributed by atoms with van der Waals surface area (Å²) in [7, 11) is 0. The summed E-state index contributed by atoms with van der Waals surface area (Å²) in [6, 6.07) is 0. The molecule has 1 atom stereocenters. The lowest BCUT2D eigenvalue weighted by molar-refractivity contribution is -0.145. The van der Waals surface area contributed by atoms with E-state index in [4.69, 9.17) is 21.1 Å². The third kappa shape index (κ3) is 9.77. The maximum absolute atomic E-state index is 11.1. The van der Waals surface area contributed by atoms with E-state index in [1.54, 1.807) is 13.8 Å². The van der Waals surface area contributed by atoms with Crippen molar-refractivity contribution >= 4 is 23.5 Å². The third-order valence-electron chi connectivity index (χ3n) is 1.79. The van der Waals surface area contributed by atoms with Gasteiger partial charge in [-0.3, -0.25) is 9.59 Å². The Labute approximate surface area is 101 Å². The monoisotopic (exact) mass is 250 g/mol. The summed E-state index contributed by atoms with van der Waals surface area (Å²) in [6.45, 7) is 4.16. The van der Waals surface area contributed by atoms with Crippen molar-refractivity contribution in [1.29, 1.82) is 0 Å². The number of unbranched alkanes of at least 4 members (excludes halogenated alkanes) is 1. The predicted molar refractivity (Wildman–Crippen MR) is 61.4 cm³/mol. The fourth-order valence-electron chi connectivity index (χ4n) is 1.05. The van der Waals surface area contributed by atoms with Crippen LogP contribution in [0.25, 0.3) is 0 Å². The SMILES string of the molecule is CCOC(=O)CCCCC(=O)OCC(C)Cl. The maximum Gasteiger partial charge on any atom is 0.305 e. The topological polar surface area (TPSA) is 52.6 Å². The van der Waals surface area contributed by atoms with E-state index in [9.17, 15) is 9.59 Å². The molecule has 0 fully saturated rings. The van der Waals surface area contributed by atoms with Gasteiger partial charge in [0.1, 0.15) is 6.61 Å². The maximum atomic E-state index is 11.1. The summed E-state index contributed by atoms with van der Waals surface area (Å²) in [5, 5.41) is -0.163. The summed E-state index contributed by atoms with van der Waals surface area (Å²) in [6.07, 6.45) is 1.95. The molecule has 0 N–H and O–H groups in total. The molecule has 0 aliphatic carbocycles. The van der Waals surface area contributed by atoms with Gasteiger partial charge >= 0.3 is 11.9 Å². The largest absolute Gasteiger partial charge is 0.466 e. The van der Waals surface area contributed by atoms with Crippen LogP contribution in [0.3, 0.4) is 0 Å². The minimum Gasteiger partial charge on any atom is -0.466 e. The standard InChI is InChI=1S/C11H19ClO4/c1-3-15-10(13)6-4-5-7-11(14)16-8-9(2)12/h9H,3-8H2,1-2H3. The predicted octanol–water partition coefficient (Wildman–Crippen LogP) is 2.28. The lowest BCUT2D eigenvalue weighted by Gasteiger charge is -2.05. The molecule has 0 amide bonds. The summed E-state index contributed by atoms with van der Waals surface area (Å²) in [5.74, 6) is -0.485. The van der Waals surface area contributed by atoms with Gasteiger partial charge in [0.15, 0.2) is 0 Å². The lowest BCUT2D eigenvalue weighted by Crippen LogP contribution is -2.11. The molecule has 0 aromatic heterocycles. The molecule has 0 radical (unpaired) electrons. The molecule has 0 aromatic carbocycles. The van der Waals surface area contributed by atoms with E-state index in [1.807, 2.05) is 0 Å². The van der Waals surface area contributed by atoms with Gasteiger partial charge < -0.3 is 9.47 Å². The van der Waals surface area contributed by atoms with Crippen LogP contribution in [-0.2, 0) is 19.1 Å². The number of alkyl halides is 1. The zero-order valence-electron chi connectivity index (χ0n) is 9.83. The molecule has 1 unspecified atom stereocenters. The van der Waals surface area contributed by atoms with Crippen molar-refractivity contribution in [3.05, 3.63) is 0 Å². The summed E-state index contributed by atoms with van der Waals surface area (Å²) in [5.41, 5.74) is 0.